The molecular weight excluding hydrogens is 1200 g/mol. The summed E-state index contributed by atoms with van der Waals surface area (Å²) < 4.78 is 28.0. The number of fused-ring (bicyclic) bond motifs is 2. The van der Waals surface area contributed by atoms with Crippen LogP contribution in [0.4, 0.5) is 11.4 Å². The Balaban J connectivity index is 0.000000220. The maximum absolute atomic E-state index is 11.3. The smallest absolute Gasteiger partial charge is 0.339 e. The number of hydrogen-bond acceptors (Lipinski definition) is 11. The molecular formula is C37H39Cl4I3N9O5P. The summed E-state index contributed by atoms with van der Waals surface area (Å²) >= 11 is 26.4. The van der Waals surface area contributed by atoms with Crippen LogP contribution in [0.25, 0.3) is 55.4 Å². The van der Waals surface area contributed by atoms with Crippen LogP contribution in [-0.4, -0.2) is 35.4 Å². The number of benzene rings is 3. The molecule has 14 nitrogen and oxygen atoms in total. The first-order valence-electron chi connectivity index (χ1n) is 16.2. The average Bonchev–Trinajstić information content (AvgIpc) is 3.92. The number of nitrogen functional groups attached to an aromatic ring is 2. The number of halogens is 7. The minimum atomic E-state index is -3.22. The maximum atomic E-state index is 11.3. The van der Waals surface area contributed by atoms with Crippen molar-refractivity contribution in [1.29, 1.82) is 0 Å². The number of aromatic amines is 3. The topological polar surface area (TPSA) is 225 Å². The summed E-state index contributed by atoms with van der Waals surface area (Å²) in [4.78, 5) is 24.2. The van der Waals surface area contributed by atoms with E-state index >= 15 is 0 Å². The average molecular weight is 1240 g/mol. The number of H-pyrrole nitrogens is 3. The van der Waals surface area contributed by atoms with Gasteiger partial charge < -0.3 is 40.0 Å². The van der Waals surface area contributed by atoms with Crippen LogP contribution >= 0.6 is 118 Å². The zero-order chi connectivity index (χ0) is 42.1. The summed E-state index contributed by atoms with van der Waals surface area (Å²) in [6, 6.07) is 11.9. The van der Waals surface area contributed by atoms with Gasteiger partial charge in [0.05, 0.1) is 45.0 Å². The van der Waals surface area contributed by atoms with Crippen molar-refractivity contribution >= 4 is 152 Å². The molecule has 0 saturated heterocycles. The Morgan fingerprint density at radius 2 is 1.03 bits per heavy atom. The van der Waals surface area contributed by atoms with Crippen LogP contribution in [0.5, 0.6) is 0 Å². The molecule has 3 aromatic carbocycles. The summed E-state index contributed by atoms with van der Waals surface area (Å²) in [5, 5.41) is 9.03. The van der Waals surface area contributed by atoms with Crippen molar-refractivity contribution in [2.24, 2.45) is 0 Å². The normalized spacial score (nSPS) is 10.8. The first kappa shape index (κ1) is 50.6. The third-order valence-electron chi connectivity index (χ3n) is 8.22. The molecule has 0 fully saturated rings. The van der Waals surface area contributed by atoms with Crippen molar-refractivity contribution in [2.75, 3.05) is 11.5 Å². The highest BCUT2D eigenvalue weighted by atomic mass is 127. The van der Waals surface area contributed by atoms with Crippen LogP contribution in [0.3, 0.4) is 0 Å². The number of nitrogens with one attached hydrogen (secondary N) is 3. The molecule has 0 unspecified atom stereocenters. The third kappa shape index (κ3) is 12.4. The molecule has 7 N–H and O–H groups in total. The lowest BCUT2D eigenvalue weighted by Gasteiger charge is -2.07. The summed E-state index contributed by atoms with van der Waals surface area (Å²) in [5.41, 5.74) is 24.7. The number of anilines is 2. The fraction of sp³-hybridized carbons (Fsp3) is 0.216. The van der Waals surface area contributed by atoms with Gasteiger partial charge in [-0.25, -0.2) is 9.78 Å². The molecule has 0 spiro atoms. The second-order valence-corrected chi connectivity index (χ2v) is 22.8. The summed E-state index contributed by atoms with van der Waals surface area (Å²) in [6.07, 6.45) is 0. The molecule has 0 saturated carbocycles. The standard InChI is InChI=1S/C12H9ClIN3O.C12H10IN3O2.C11H12IN3O.2CH4.Cl3OP/c1-5-10(6(2)18-17-5)7-3-8(14)11-9(4-7)15-12(13)16-11;1-5-10(6(2)18-16-5)7-3-8(13)11-9(4-7)14-12(17)15-11;1-5-10(6(2)16-15-5)7-3-8(12)11(14)9(13)4-7;;;1-5(2,3)4/h3-4H,1-2H3,(H,15,16);3-4H,1-2H3,(H2,14,15,17);3-4H,13-14H2,1-2H3;2*1H4;. The third-order valence-corrected chi connectivity index (χ3v) is 11.0. The lowest BCUT2D eigenvalue weighted by molar-refractivity contribution is 0.393. The molecule has 0 bridgehead atoms. The molecule has 8 rings (SSSR count). The van der Waals surface area contributed by atoms with Crippen molar-refractivity contribution in [3.8, 4) is 33.4 Å². The summed E-state index contributed by atoms with van der Waals surface area (Å²) in [5.74, 6) is 2.38. The number of aryl methyl sites for hydroxylation is 6. The molecule has 0 aliphatic carbocycles. The largest absolute Gasteiger partial charge is 0.397 e. The number of nitrogens with two attached hydrogens (primary N) is 2. The van der Waals surface area contributed by atoms with E-state index in [0.29, 0.717) is 16.7 Å². The summed E-state index contributed by atoms with van der Waals surface area (Å²) in [7, 11) is 0. The van der Waals surface area contributed by atoms with Gasteiger partial charge in [0, 0.05) is 27.4 Å². The molecule has 5 heterocycles. The quantitative estimate of drug-likeness (QED) is 0.0635. The molecule has 316 valence electrons. The predicted molar refractivity (Wildman–Crippen MR) is 267 cm³/mol. The van der Waals surface area contributed by atoms with Crippen molar-refractivity contribution in [2.45, 2.75) is 56.4 Å². The number of nitrogens with zero attached hydrogens (tertiary/aromatic N) is 4. The minimum absolute atomic E-state index is 0. The number of rotatable bonds is 3. The van der Waals surface area contributed by atoms with Gasteiger partial charge in [-0.3, -0.25) is 4.57 Å². The fourth-order valence-corrected chi connectivity index (χ4v) is 8.24. The van der Waals surface area contributed by atoms with Gasteiger partial charge in [0.2, 0.25) is 5.28 Å². The molecule has 0 amide bonds. The molecule has 59 heavy (non-hydrogen) atoms. The van der Waals surface area contributed by atoms with Gasteiger partial charge in [0.1, 0.15) is 22.8 Å². The van der Waals surface area contributed by atoms with Gasteiger partial charge in [0.15, 0.2) is 0 Å². The Bertz CT molecular complexity index is 2770. The molecule has 0 aliphatic heterocycles. The highest BCUT2D eigenvalue weighted by Crippen LogP contribution is 2.61. The number of imidazole rings is 2. The Labute approximate surface area is 399 Å². The summed E-state index contributed by atoms with van der Waals surface area (Å²) in [6.45, 7) is 11.4. The van der Waals surface area contributed by atoms with Crippen molar-refractivity contribution in [1.82, 2.24) is 35.4 Å². The maximum Gasteiger partial charge on any atom is 0.339 e. The highest BCUT2D eigenvalue weighted by molar-refractivity contribution is 14.1. The van der Waals surface area contributed by atoms with Gasteiger partial charge >= 0.3 is 10.9 Å². The van der Waals surface area contributed by atoms with Crippen LogP contribution in [0, 0.1) is 52.3 Å². The van der Waals surface area contributed by atoms with Crippen LogP contribution in [0.2, 0.25) is 5.28 Å². The molecule has 0 aliphatic rings. The van der Waals surface area contributed by atoms with Crippen molar-refractivity contribution in [3.63, 3.8) is 0 Å². The highest BCUT2D eigenvalue weighted by Gasteiger charge is 2.17. The Morgan fingerprint density at radius 1 is 0.627 bits per heavy atom. The second kappa shape index (κ2) is 20.9. The molecule has 0 atom stereocenters. The van der Waals surface area contributed by atoms with E-state index in [2.05, 4.69) is 143 Å². The van der Waals surface area contributed by atoms with Crippen LogP contribution in [0.15, 0.2) is 54.8 Å². The van der Waals surface area contributed by atoms with E-state index in [1.807, 2.05) is 71.9 Å². The van der Waals surface area contributed by atoms with Crippen LogP contribution < -0.4 is 17.2 Å². The Morgan fingerprint density at radius 3 is 1.46 bits per heavy atom. The van der Waals surface area contributed by atoms with E-state index < -0.39 is 5.20 Å². The van der Waals surface area contributed by atoms with Gasteiger partial charge in [-0.15, -0.1) is 0 Å². The van der Waals surface area contributed by atoms with E-state index in [4.69, 9.17) is 36.6 Å². The fourth-order valence-electron chi connectivity index (χ4n) is 5.90. The predicted octanol–water partition coefficient (Wildman–Crippen LogP) is 13.6. The lowest BCUT2D eigenvalue weighted by atomic mass is 10.0. The minimum Gasteiger partial charge on any atom is -0.397 e. The van der Waals surface area contributed by atoms with Crippen LogP contribution in [-0.2, 0) is 4.57 Å². The zero-order valence-corrected chi connectivity index (χ0v) is 40.9. The molecule has 0 radical (unpaired) electrons. The number of hydrogen-bond donors (Lipinski definition) is 5. The second-order valence-electron chi connectivity index (χ2n) is 12.3. The zero-order valence-electron chi connectivity index (χ0n) is 30.5. The van der Waals surface area contributed by atoms with Crippen molar-refractivity contribution in [3.05, 3.63) is 97.2 Å². The van der Waals surface area contributed by atoms with Gasteiger partial charge in [-0.05, 0) is 208 Å². The van der Waals surface area contributed by atoms with E-state index in [1.54, 1.807) is 0 Å². The van der Waals surface area contributed by atoms with E-state index in [1.165, 1.54) is 0 Å². The Kier molecular flexibility index (Phi) is 17.9. The number of aromatic nitrogens is 7. The lowest BCUT2D eigenvalue weighted by Crippen LogP contribution is -1.99. The molecule has 5 aromatic heterocycles. The Hall–Kier alpha value is -2.79. The van der Waals surface area contributed by atoms with E-state index in [-0.39, 0.29) is 20.5 Å². The van der Waals surface area contributed by atoms with Gasteiger partial charge in [0.25, 0.3) is 0 Å². The SMILES string of the molecule is C.C.Cc1noc(C)c1-c1cc(I)c2[nH]c(=O)[nH]c2c1.Cc1noc(C)c1-c1cc(I)c2nc(Cl)[nH]c2c1.Cc1noc(C)c1-c1cc(N)c(N)c(I)c1.O=P(Cl)(Cl)Cl. The monoisotopic (exact) mass is 1240 g/mol. The first-order valence-corrected chi connectivity index (χ1v) is 24.3. The van der Waals surface area contributed by atoms with Crippen LogP contribution in [0.1, 0.15) is 49.2 Å². The van der Waals surface area contributed by atoms with Gasteiger partial charge in [-0.1, -0.05) is 30.3 Å². The van der Waals surface area contributed by atoms with E-state index in [0.717, 1.165) is 101 Å². The van der Waals surface area contributed by atoms with Gasteiger partial charge in [-0.2, -0.15) is 0 Å². The van der Waals surface area contributed by atoms with Crippen molar-refractivity contribution < 1.29 is 18.1 Å². The molecule has 22 heteroatoms. The first-order chi connectivity index (χ1) is 26.6. The molecule has 8 aromatic rings. The van der Waals surface area contributed by atoms with E-state index in [9.17, 15) is 9.36 Å².